The average molecular weight is 184 g/mol. The van der Waals surface area contributed by atoms with E-state index >= 15 is 0 Å². The normalized spacial score (nSPS) is 31.7. The monoisotopic (exact) mass is 184 g/mol. The molecule has 0 aromatic carbocycles. The lowest BCUT2D eigenvalue weighted by atomic mass is 10.1. The van der Waals surface area contributed by atoms with Crippen LogP contribution in [-0.2, 0) is 0 Å². The zero-order valence-corrected chi connectivity index (χ0v) is 9.38. The van der Waals surface area contributed by atoms with Crippen LogP contribution in [0.3, 0.4) is 0 Å². The average Bonchev–Trinajstić information content (AvgIpc) is 2.29. The molecule has 1 fully saturated rings. The Balaban J connectivity index is 2.45. The Bertz CT molecular complexity index is 169. The summed E-state index contributed by atoms with van der Waals surface area (Å²) >= 11 is 0. The first-order valence-corrected chi connectivity index (χ1v) is 8.44. The number of hydrogen-bond donors (Lipinski definition) is 1. The Labute approximate surface area is 76.5 Å². The molecule has 0 aliphatic heterocycles. The Morgan fingerprint density at radius 3 is 2.33 bits per heavy atom. The first kappa shape index (κ1) is 10.0. The summed E-state index contributed by atoms with van der Waals surface area (Å²) in [6.45, 7) is 6.97. The molecule has 0 radical (unpaired) electrons. The first-order chi connectivity index (χ1) is 5.49. The summed E-state index contributed by atoms with van der Waals surface area (Å²) in [6, 6.07) is 0. The van der Waals surface area contributed by atoms with Crippen molar-refractivity contribution < 1.29 is 5.11 Å². The number of aliphatic hydroxyl groups is 1. The van der Waals surface area contributed by atoms with E-state index in [1.165, 1.54) is 12.8 Å². The molecule has 1 saturated carbocycles. The summed E-state index contributed by atoms with van der Waals surface area (Å²) in [5, 5.41) is 9.55. The predicted molar refractivity (Wildman–Crippen MR) is 55.8 cm³/mol. The molecule has 0 bridgehead atoms. The van der Waals surface area contributed by atoms with Crippen molar-refractivity contribution in [1.29, 1.82) is 0 Å². The Kier molecular flexibility index (Phi) is 3.13. The Morgan fingerprint density at radius 1 is 1.25 bits per heavy atom. The lowest BCUT2D eigenvalue weighted by molar-refractivity contribution is 0.153. The van der Waals surface area contributed by atoms with E-state index in [1.54, 1.807) is 0 Å². The largest absolute Gasteiger partial charge is 0.393 e. The molecular weight excluding hydrogens is 164 g/mol. The lowest BCUT2D eigenvalue weighted by Crippen LogP contribution is -2.18. The van der Waals surface area contributed by atoms with Gasteiger partial charge in [0.15, 0.2) is 0 Å². The first-order valence-electron chi connectivity index (χ1n) is 4.86. The molecule has 0 aromatic rings. The maximum absolute atomic E-state index is 9.55. The molecule has 1 rings (SSSR count). The summed E-state index contributed by atoms with van der Waals surface area (Å²) in [6.07, 6.45) is 5.58. The van der Waals surface area contributed by atoms with E-state index in [2.05, 4.69) is 31.4 Å². The SMILES string of the molecule is C[Si](C)(C)/C=C\[C@H]1CCC[C@@H]1O. The molecule has 0 spiro atoms. The summed E-state index contributed by atoms with van der Waals surface area (Å²) in [5.41, 5.74) is 2.35. The zero-order chi connectivity index (χ0) is 9.19. The van der Waals surface area contributed by atoms with Gasteiger partial charge in [-0.15, -0.1) is 0 Å². The third-order valence-corrected chi connectivity index (χ3v) is 3.57. The third kappa shape index (κ3) is 3.11. The molecule has 70 valence electrons. The molecule has 0 aromatic heterocycles. The number of hydrogen-bond acceptors (Lipinski definition) is 1. The highest BCUT2D eigenvalue weighted by Crippen LogP contribution is 2.26. The smallest absolute Gasteiger partial charge is 0.0683 e. The Morgan fingerprint density at radius 2 is 1.92 bits per heavy atom. The van der Waals surface area contributed by atoms with Crippen molar-refractivity contribution in [3.63, 3.8) is 0 Å². The molecule has 0 amide bonds. The van der Waals surface area contributed by atoms with Crippen molar-refractivity contribution in [2.45, 2.75) is 45.0 Å². The van der Waals surface area contributed by atoms with E-state index in [-0.39, 0.29) is 6.10 Å². The van der Waals surface area contributed by atoms with Crippen LogP contribution < -0.4 is 0 Å². The molecule has 1 aliphatic carbocycles. The van der Waals surface area contributed by atoms with E-state index in [9.17, 15) is 5.11 Å². The summed E-state index contributed by atoms with van der Waals surface area (Å²) in [7, 11) is -1.05. The molecule has 0 saturated heterocycles. The summed E-state index contributed by atoms with van der Waals surface area (Å²) < 4.78 is 0. The minimum atomic E-state index is -1.05. The molecule has 1 nitrogen and oxygen atoms in total. The van der Waals surface area contributed by atoms with Gasteiger partial charge in [0, 0.05) is 5.92 Å². The highest BCUT2D eigenvalue weighted by molar-refractivity contribution is 6.80. The van der Waals surface area contributed by atoms with Crippen LogP contribution in [0, 0.1) is 5.92 Å². The molecule has 1 aliphatic rings. The van der Waals surface area contributed by atoms with E-state index in [0.29, 0.717) is 5.92 Å². The van der Waals surface area contributed by atoms with E-state index < -0.39 is 8.07 Å². The van der Waals surface area contributed by atoms with E-state index in [0.717, 1.165) is 6.42 Å². The van der Waals surface area contributed by atoms with Crippen molar-refractivity contribution >= 4 is 8.07 Å². The van der Waals surface area contributed by atoms with Crippen molar-refractivity contribution in [3.8, 4) is 0 Å². The molecule has 2 heteroatoms. The fourth-order valence-corrected chi connectivity index (χ4v) is 2.43. The maximum atomic E-state index is 9.55. The van der Waals surface area contributed by atoms with Gasteiger partial charge < -0.3 is 5.11 Å². The van der Waals surface area contributed by atoms with E-state index in [1.807, 2.05) is 0 Å². The molecule has 12 heavy (non-hydrogen) atoms. The summed E-state index contributed by atoms with van der Waals surface area (Å²) in [4.78, 5) is 0. The topological polar surface area (TPSA) is 20.2 Å². The van der Waals surface area contributed by atoms with Gasteiger partial charge in [-0.05, 0) is 12.8 Å². The van der Waals surface area contributed by atoms with Crippen LogP contribution in [-0.4, -0.2) is 19.3 Å². The fraction of sp³-hybridized carbons (Fsp3) is 0.800. The van der Waals surface area contributed by atoms with Gasteiger partial charge in [0.25, 0.3) is 0 Å². The fourth-order valence-electron chi connectivity index (χ4n) is 1.61. The lowest BCUT2D eigenvalue weighted by Gasteiger charge is -2.13. The van der Waals surface area contributed by atoms with Crippen molar-refractivity contribution in [2.75, 3.05) is 0 Å². The summed E-state index contributed by atoms with van der Waals surface area (Å²) in [5.74, 6) is 0.455. The Hall–Kier alpha value is -0.0831. The van der Waals surface area contributed by atoms with Crippen LogP contribution in [0.25, 0.3) is 0 Å². The van der Waals surface area contributed by atoms with Gasteiger partial charge in [0.1, 0.15) is 0 Å². The van der Waals surface area contributed by atoms with E-state index in [4.69, 9.17) is 0 Å². The molecule has 0 unspecified atom stereocenters. The van der Waals surface area contributed by atoms with Crippen molar-refractivity contribution in [1.82, 2.24) is 0 Å². The van der Waals surface area contributed by atoms with Crippen molar-refractivity contribution in [3.05, 3.63) is 11.8 Å². The van der Waals surface area contributed by atoms with Gasteiger partial charge in [-0.2, -0.15) is 0 Å². The van der Waals surface area contributed by atoms with Crippen LogP contribution in [0.2, 0.25) is 19.6 Å². The van der Waals surface area contributed by atoms with Gasteiger partial charge in [-0.1, -0.05) is 37.8 Å². The van der Waals surface area contributed by atoms with Crippen LogP contribution >= 0.6 is 0 Å². The van der Waals surface area contributed by atoms with Crippen LogP contribution in [0.15, 0.2) is 11.8 Å². The van der Waals surface area contributed by atoms with Crippen molar-refractivity contribution in [2.24, 2.45) is 5.92 Å². The standard InChI is InChI=1S/C10H20OSi/c1-12(2,3)8-7-9-5-4-6-10(9)11/h7-11H,4-6H2,1-3H3/b8-7-/t9-,10+/m1/s1. The minimum Gasteiger partial charge on any atom is -0.393 e. The molecular formula is C10H20OSi. The maximum Gasteiger partial charge on any atom is 0.0683 e. The predicted octanol–water partition coefficient (Wildman–Crippen LogP) is 2.58. The van der Waals surface area contributed by atoms with Gasteiger partial charge in [0.05, 0.1) is 14.2 Å². The quantitative estimate of drug-likeness (QED) is 0.654. The van der Waals surface area contributed by atoms with Crippen LogP contribution in [0.4, 0.5) is 0 Å². The zero-order valence-electron chi connectivity index (χ0n) is 8.38. The highest BCUT2D eigenvalue weighted by atomic mass is 28.3. The highest BCUT2D eigenvalue weighted by Gasteiger charge is 2.23. The minimum absolute atomic E-state index is 0.0578. The van der Waals surface area contributed by atoms with Gasteiger partial charge in [0.2, 0.25) is 0 Å². The van der Waals surface area contributed by atoms with Crippen LogP contribution in [0.1, 0.15) is 19.3 Å². The van der Waals surface area contributed by atoms with Gasteiger partial charge >= 0.3 is 0 Å². The number of aliphatic hydroxyl groups excluding tert-OH is 1. The number of rotatable bonds is 2. The molecule has 1 N–H and O–H groups in total. The second kappa shape index (κ2) is 3.75. The second-order valence-corrected chi connectivity index (χ2v) is 9.95. The molecule has 0 heterocycles. The second-order valence-electron chi connectivity index (χ2n) is 4.89. The van der Waals surface area contributed by atoms with Gasteiger partial charge in [-0.3, -0.25) is 0 Å². The van der Waals surface area contributed by atoms with Gasteiger partial charge in [-0.25, -0.2) is 0 Å². The molecule has 2 atom stereocenters. The van der Waals surface area contributed by atoms with Crippen LogP contribution in [0.5, 0.6) is 0 Å². The third-order valence-electron chi connectivity index (χ3n) is 2.37.